The molecular formula is C13H15N3O. The van der Waals surface area contributed by atoms with Gasteiger partial charge in [-0.25, -0.2) is 0 Å². The van der Waals surface area contributed by atoms with Crippen LogP contribution in [0, 0.1) is 0 Å². The van der Waals surface area contributed by atoms with E-state index in [9.17, 15) is 0 Å². The quantitative estimate of drug-likeness (QED) is 0.880. The highest BCUT2D eigenvalue weighted by Crippen LogP contribution is 2.25. The summed E-state index contributed by atoms with van der Waals surface area (Å²) in [7, 11) is 0. The summed E-state index contributed by atoms with van der Waals surface area (Å²) in [4.78, 5) is 0. The van der Waals surface area contributed by atoms with Crippen molar-refractivity contribution < 1.29 is 4.74 Å². The predicted octanol–water partition coefficient (Wildman–Crippen LogP) is 2.79. The molecule has 1 N–H and O–H groups in total. The molecule has 3 rings (SSSR count). The topological polar surface area (TPSA) is 50.8 Å². The Hall–Kier alpha value is -1.84. The van der Waals surface area contributed by atoms with Crippen molar-refractivity contribution in [2.75, 3.05) is 0 Å². The molecule has 0 bridgehead atoms. The van der Waals surface area contributed by atoms with E-state index in [2.05, 4.69) is 15.4 Å². The maximum atomic E-state index is 5.90. The molecule has 1 aromatic carbocycles. The van der Waals surface area contributed by atoms with E-state index in [0.29, 0.717) is 6.10 Å². The molecule has 1 aliphatic carbocycles. The monoisotopic (exact) mass is 229 g/mol. The van der Waals surface area contributed by atoms with Gasteiger partial charge in [-0.1, -0.05) is 0 Å². The van der Waals surface area contributed by atoms with Crippen LogP contribution in [0.15, 0.2) is 30.5 Å². The van der Waals surface area contributed by atoms with E-state index in [1.54, 1.807) is 6.20 Å². The summed E-state index contributed by atoms with van der Waals surface area (Å²) < 4.78 is 5.90. The average molecular weight is 229 g/mol. The fourth-order valence-electron chi connectivity index (χ4n) is 2.24. The van der Waals surface area contributed by atoms with Gasteiger partial charge in [0.1, 0.15) is 11.4 Å². The van der Waals surface area contributed by atoms with E-state index in [1.165, 1.54) is 25.7 Å². The van der Waals surface area contributed by atoms with Crippen molar-refractivity contribution in [2.45, 2.75) is 31.8 Å². The van der Waals surface area contributed by atoms with Crippen LogP contribution in [0.5, 0.6) is 5.75 Å². The van der Waals surface area contributed by atoms with Crippen LogP contribution in [0.25, 0.3) is 11.3 Å². The van der Waals surface area contributed by atoms with Gasteiger partial charge in [0.25, 0.3) is 0 Å². The molecule has 0 radical (unpaired) electrons. The first kappa shape index (κ1) is 10.3. The van der Waals surface area contributed by atoms with Crippen LogP contribution in [0.3, 0.4) is 0 Å². The second kappa shape index (κ2) is 4.57. The number of hydrogen-bond donors (Lipinski definition) is 1. The second-order valence-electron chi connectivity index (χ2n) is 4.40. The smallest absolute Gasteiger partial charge is 0.119 e. The molecule has 1 saturated carbocycles. The molecule has 0 atom stereocenters. The first-order valence-electron chi connectivity index (χ1n) is 6.05. The zero-order valence-electron chi connectivity index (χ0n) is 9.60. The van der Waals surface area contributed by atoms with E-state index in [0.717, 1.165) is 17.0 Å². The third-order valence-electron chi connectivity index (χ3n) is 3.17. The van der Waals surface area contributed by atoms with Gasteiger partial charge in [0.05, 0.1) is 12.3 Å². The Morgan fingerprint density at radius 2 is 1.88 bits per heavy atom. The van der Waals surface area contributed by atoms with E-state index >= 15 is 0 Å². The molecule has 2 aromatic rings. The van der Waals surface area contributed by atoms with Gasteiger partial charge in [-0.2, -0.15) is 15.4 Å². The highest BCUT2D eigenvalue weighted by molar-refractivity contribution is 5.58. The molecule has 1 aromatic heterocycles. The second-order valence-corrected chi connectivity index (χ2v) is 4.40. The van der Waals surface area contributed by atoms with E-state index in [1.807, 2.05) is 24.3 Å². The average Bonchev–Trinajstić information content (AvgIpc) is 3.01. The maximum Gasteiger partial charge on any atom is 0.119 e. The Morgan fingerprint density at radius 1 is 1.12 bits per heavy atom. The van der Waals surface area contributed by atoms with Gasteiger partial charge in [0.2, 0.25) is 0 Å². The van der Waals surface area contributed by atoms with Gasteiger partial charge >= 0.3 is 0 Å². The summed E-state index contributed by atoms with van der Waals surface area (Å²) in [5.41, 5.74) is 1.91. The van der Waals surface area contributed by atoms with Crippen LogP contribution in [-0.4, -0.2) is 21.5 Å². The van der Waals surface area contributed by atoms with Gasteiger partial charge < -0.3 is 4.74 Å². The van der Waals surface area contributed by atoms with Crippen LogP contribution in [0.2, 0.25) is 0 Å². The molecule has 4 heteroatoms. The summed E-state index contributed by atoms with van der Waals surface area (Å²) in [6.45, 7) is 0. The minimum Gasteiger partial charge on any atom is -0.490 e. The van der Waals surface area contributed by atoms with Crippen molar-refractivity contribution >= 4 is 0 Å². The molecular weight excluding hydrogens is 214 g/mol. The molecule has 0 aliphatic heterocycles. The summed E-state index contributed by atoms with van der Waals surface area (Å²) in [5.74, 6) is 0.948. The van der Waals surface area contributed by atoms with Crippen molar-refractivity contribution in [3.63, 3.8) is 0 Å². The summed E-state index contributed by atoms with van der Waals surface area (Å²) in [6, 6.07) is 8.04. The Kier molecular flexibility index (Phi) is 2.78. The zero-order chi connectivity index (χ0) is 11.5. The van der Waals surface area contributed by atoms with Crippen LogP contribution in [0.1, 0.15) is 25.7 Å². The summed E-state index contributed by atoms with van der Waals surface area (Å²) in [5, 5.41) is 10.4. The van der Waals surface area contributed by atoms with Gasteiger partial charge in [0.15, 0.2) is 0 Å². The maximum absolute atomic E-state index is 5.90. The molecule has 88 valence electrons. The van der Waals surface area contributed by atoms with Crippen LogP contribution < -0.4 is 4.74 Å². The Balaban J connectivity index is 1.71. The van der Waals surface area contributed by atoms with E-state index in [-0.39, 0.29) is 0 Å². The molecule has 0 spiro atoms. The van der Waals surface area contributed by atoms with Crippen molar-refractivity contribution in [1.82, 2.24) is 15.4 Å². The van der Waals surface area contributed by atoms with Crippen molar-refractivity contribution in [3.05, 3.63) is 30.5 Å². The number of aromatic nitrogens is 3. The molecule has 0 saturated heterocycles. The molecule has 1 aliphatic rings. The summed E-state index contributed by atoms with van der Waals surface area (Å²) in [6.07, 6.45) is 7.08. The van der Waals surface area contributed by atoms with Crippen LogP contribution in [-0.2, 0) is 0 Å². The Bertz CT molecular complexity index is 458. The molecule has 1 fully saturated rings. The van der Waals surface area contributed by atoms with Gasteiger partial charge in [-0.15, -0.1) is 0 Å². The third kappa shape index (κ3) is 2.30. The number of nitrogens with one attached hydrogen (secondary N) is 1. The number of H-pyrrole nitrogens is 1. The summed E-state index contributed by atoms with van der Waals surface area (Å²) >= 11 is 0. The molecule has 0 unspecified atom stereocenters. The predicted molar refractivity (Wildman–Crippen MR) is 64.7 cm³/mol. The fraction of sp³-hybridized carbons (Fsp3) is 0.385. The number of hydrogen-bond acceptors (Lipinski definition) is 3. The van der Waals surface area contributed by atoms with E-state index < -0.39 is 0 Å². The SMILES string of the molecule is c1cc(-c2cn[nH]n2)ccc1OC1CCCC1. The number of benzene rings is 1. The lowest BCUT2D eigenvalue weighted by Crippen LogP contribution is -2.10. The Labute approximate surface area is 100 Å². The van der Waals surface area contributed by atoms with Crippen molar-refractivity contribution in [1.29, 1.82) is 0 Å². The minimum atomic E-state index is 0.410. The first-order valence-corrected chi connectivity index (χ1v) is 6.05. The van der Waals surface area contributed by atoms with Crippen LogP contribution >= 0.6 is 0 Å². The van der Waals surface area contributed by atoms with Gasteiger partial charge in [0, 0.05) is 5.56 Å². The normalized spacial score (nSPS) is 16.2. The van der Waals surface area contributed by atoms with Gasteiger partial charge in [-0.05, 0) is 49.9 Å². The first-order chi connectivity index (χ1) is 8.42. The molecule has 1 heterocycles. The van der Waals surface area contributed by atoms with Crippen molar-refractivity contribution in [3.8, 4) is 17.0 Å². The highest BCUT2D eigenvalue weighted by atomic mass is 16.5. The van der Waals surface area contributed by atoms with Crippen LogP contribution in [0.4, 0.5) is 0 Å². The third-order valence-corrected chi connectivity index (χ3v) is 3.17. The lowest BCUT2D eigenvalue weighted by atomic mass is 10.1. The molecule has 0 amide bonds. The zero-order valence-corrected chi connectivity index (χ0v) is 9.60. The Morgan fingerprint density at radius 3 is 2.53 bits per heavy atom. The minimum absolute atomic E-state index is 0.410. The lowest BCUT2D eigenvalue weighted by Gasteiger charge is -2.12. The number of aromatic amines is 1. The number of rotatable bonds is 3. The van der Waals surface area contributed by atoms with Gasteiger partial charge in [-0.3, -0.25) is 0 Å². The molecule has 4 nitrogen and oxygen atoms in total. The van der Waals surface area contributed by atoms with Crippen molar-refractivity contribution in [2.24, 2.45) is 0 Å². The largest absolute Gasteiger partial charge is 0.490 e. The molecule has 17 heavy (non-hydrogen) atoms. The van der Waals surface area contributed by atoms with E-state index in [4.69, 9.17) is 4.74 Å². The number of nitrogens with zero attached hydrogens (tertiary/aromatic N) is 2. The number of ether oxygens (including phenoxy) is 1. The fourth-order valence-corrected chi connectivity index (χ4v) is 2.24. The lowest BCUT2D eigenvalue weighted by molar-refractivity contribution is 0.210. The standard InChI is InChI=1S/C13H15N3O/c1-2-4-11(3-1)17-12-7-5-10(6-8-12)13-9-14-16-15-13/h5-9,11H,1-4H2,(H,14,15,16). The highest BCUT2D eigenvalue weighted by Gasteiger charge is 2.16.